The third-order valence-electron chi connectivity index (χ3n) is 2.50. The molecule has 2 nitrogen and oxygen atoms in total. The molecule has 1 aromatic carbocycles. The summed E-state index contributed by atoms with van der Waals surface area (Å²) in [5.41, 5.74) is 1.10. The normalized spacial score (nSPS) is 19.6. The first kappa shape index (κ1) is 9.13. The minimum absolute atomic E-state index is 0.254. The molecular weight excluding hydrogens is 176 g/mol. The van der Waals surface area contributed by atoms with E-state index in [2.05, 4.69) is 6.58 Å². The van der Waals surface area contributed by atoms with Gasteiger partial charge in [0.2, 0.25) is 0 Å². The number of hydrogen-bond donors (Lipinski definition) is 1. The molecule has 2 rings (SSSR count). The van der Waals surface area contributed by atoms with E-state index in [0.29, 0.717) is 5.75 Å². The van der Waals surface area contributed by atoms with Gasteiger partial charge in [0.1, 0.15) is 17.6 Å². The summed E-state index contributed by atoms with van der Waals surface area (Å²) < 4.78 is 5.74. The quantitative estimate of drug-likeness (QED) is 0.726. The van der Waals surface area contributed by atoms with Gasteiger partial charge in [-0.05, 0) is 36.6 Å². The lowest BCUT2D eigenvalue weighted by Gasteiger charge is -2.25. The molecule has 1 aromatic rings. The molecule has 0 bridgehead atoms. The van der Waals surface area contributed by atoms with E-state index in [9.17, 15) is 5.11 Å². The minimum Gasteiger partial charge on any atom is -0.508 e. The van der Waals surface area contributed by atoms with E-state index in [1.807, 2.05) is 12.1 Å². The van der Waals surface area contributed by atoms with Crippen LogP contribution < -0.4 is 4.74 Å². The molecule has 2 heteroatoms. The van der Waals surface area contributed by atoms with Crippen LogP contribution in [0.3, 0.4) is 0 Å². The van der Waals surface area contributed by atoms with Crippen molar-refractivity contribution in [2.45, 2.75) is 25.4 Å². The topological polar surface area (TPSA) is 29.5 Å². The Labute approximate surface area is 83.8 Å². The molecule has 0 fully saturated rings. The van der Waals surface area contributed by atoms with E-state index in [-0.39, 0.29) is 6.10 Å². The van der Waals surface area contributed by atoms with E-state index in [1.54, 1.807) is 12.1 Å². The first-order valence-corrected chi connectivity index (χ1v) is 4.89. The molecular formula is C12H14O2. The highest BCUT2D eigenvalue weighted by Crippen LogP contribution is 2.31. The van der Waals surface area contributed by atoms with E-state index in [1.165, 1.54) is 0 Å². The smallest absolute Gasteiger partial charge is 0.123 e. The number of fused-ring (bicyclic) bond motifs is 1. The zero-order valence-corrected chi connectivity index (χ0v) is 8.07. The summed E-state index contributed by atoms with van der Waals surface area (Å²) >= 11 is 0. The summed E-state index contributed by atoms with van der Waals surface area (Å²) in [7, 11) is 0. The Morgan fingerprint density at radius 1 is 1.57 bits per heavy atom. The standard InChI is InChI=1S/C12H14O2/c1-2-3-11-6-4-9-8-10(13)5-7-12(9)14-11/h2,5,7-8,11,13H,1,3-4,6H2. The molecule has 0 aromatic heterocycles. The highest BCUT2D eigenvalue weighted by Gasteiger charge is 2.18. The van der Waals surface area contributed by atoms with Crippen LogP contribution in [0, 0.1) is 0 Å². The Morgan fingerprint density at radius 2 is 2.43 bits per heavy atom. The molecule has 0 aliphatic carbocycles. The molecule has 1 heterocycles. The highest BCUT2D eigenvalue weighted by atomic mass is 16.5. The Morgan fingerprint density at radius 3 is 3.21 bits per heavy atom. The van der Waals surface area contributed by atoms with E-state index in [4.69, 9.17) is 4.74 Å². The molecule has 0 spiro atoms. The molecule has 0 amide bonds. The van der Waals surface area contributed by atoms with Crippen LogP contribution in [-0.4, -0.2) is 11.2 Å². The van der Waals surface area contributed by atoms with Crippen LogP contribution in [-0.2, 0) is 6.42 Å². The van der Waals surface area contributed by atoms with Gasteiger partial charge in [-0.15, -0.1) is 6.58 Å². The zero-order valence-electron chi connectivity index (χ0n) is 8.07. The predicted octanol–water partition coefficient (Wildman–Crippen LogP) is 2.66. The molecule has 1 aliphatic rings. The second-order valence-electron chi connectivity index (χ2n) is 3.59. The van der Waals surface area contributed by atoms with Crippen molar-refractivity contribution in [3.05, 3.63) is 36.4 Å². The summed E-state index contributed by atoms with van der Waals surface area (Å²) in [6, 6.07) is 5.27. The SMILES string of the molecule is C=CCC1CCc2cc(O)ccc2O1. The lowest BCUT2D eigenvalue weighted by Crippen LogP contribution is -2.21. The van der Waals surface area contributed by atoms with Crippen LogP contribution >= 0.6 is 0 Å². The van der Waals surface area contributed by atoms with E-state index in [0.717, 1.165) is 30.6 Å². The van der Waals surface area contributed by atoms with Crippen molar-refractivity contribution >= 4 is 0 Å². The summed E-state index contributed by atoms with van der Waals surface area (Å²) in [4.78, 5) is 0. The fourth-order valence-corrected chi connectivity index (χ4v) is 1.78. The fourth-order valence-electron chi connectivity index (χ4n) is 1.78. The van der Waals surface area contributed by atoms with Crippen molar-refractivity contribution in [1.82, 2.24) is 0 Å². The van der Waals surface area contributed by atoms with Gasteiger partial charge in [-0.1, -0.05) is 6.08 Å². The predicted molar refractivity (Wildman–Crippen MR) is 55.7 cm³/mol. The van der Waals surface area contributed by atoms with E-state index < -0.39 is 0 Å². The monoisotopic (exact) mass is 190 g/mol. The molecule has 0 saturated carbocycles. The molecule has 1 atom stereocenters. The van der Waals surface area contributed by atoms with Gasteiger partial charge in [-0.25, -0.2) is 0 Å². The molecule has 1 aliphatic heterocycles. The van der Waals surface area contributed by atoms with Crippen LogP contribution in [0.25, 0.3) is 0 Å². The van der Waals surface area contributed by atoms with Crippen LogP contribution in [0.1, 0.15) is 18.4 Å². The largest absolute Gasteiger partial charge is 0.508 e. The third-order valence-corrected chi connectivity index (χ3v) is 2.50. The summed E-state index contributed by atoms with van der Waals surface area (Å²) in [5, 5.41) is 9.29. The van der Waals surface area contributed by atoms with Gasteiger partial charge in [-0.2, -0.15) is 0 Å². The van der Waals surface area contributed by atoms with Crippen molar-refractivity contribution in [1.29, 1.82) is 0 Å². The van der Waals surface area contributed by atoms with Gasteiger partial charge in [0.25, 0.3) is 0 Å². The average molecular weight is 190 g/mol. The van der Waals surface area contributed by atoms with Gasteiger partial charge in [0.05, 0.1) is 0 Å². The Hall–Kier alpha value is -1.44. The second kappa shape index (κ2) is 3.74. The molecule has 1 N–H and O–H groups in total. The van der Waals surface area contributed by atoms with Crippen LogP contribution in [0.2, 0.25) is 0 Å². The Kier molecular flexibility index (Phi) is 2.44. The van der Waals surface area contributed by atoms with Crippen molar-refractivity contribution in [3.8, 4) is 11.5 Å². The Balaban J connectivity index is 2.18. The van der Waals surface area contributed by atoms with Crippen molar-refractivity contribution < 1.29 is 9.84 Å². The maximum Gasteiger partial charge on any atom is 0.123 e. The molecule has 74 valence electrons. The van der Waals surface area contributed by atoms with Crippen molar-refractivity contribution in [3.63, 3.8) is 0 Å². The lowest BCUT2D eigenvalue weighted by atomic mass is 10.0. The second-order valence-corrected chi connectivity index (χ2v) is 3.59. The number of aromatic hydroxyl groups is 1. The number of aryl methyl sites for hydroxylation is 1. The van der Waals surface area contributed by atoms with Gasteiger partial charge >= 0.3 is 0 Å². The fraction of sp³-hybridized carbons (Fsp3) is 0.333. The number of hydrogen-bond acceptors (Lipinski definition) is 2. The third kappa shape index (κ3) is 1.74. The molecule has 0 saturated heterocycles. The van der Waals surface area contributed by atoms with Gasteiger partial charge in [0, 0.05) is 6.42 Å². The average Bonchev–Trinajstić information content (AvgIpc) is 2.19. The van der Waals surface area contributed by atoms with Crippen LogP contribution in [0.5, 0.6) is 11.5 Å². The first-order chi connectivity index (χ1) is 6.79. The van der Waals surface area contributed by atoms with Crippen LogP contribution in [0.4, 0.5) is 0 Å². The number of phenolic OH excluding ortho intramolecular Hbond substituents is 1. The zero-order chi connectivity index (χ0) is 9.97. The molecule has 0 radical (unpaired) electrons. The number of benzene rings is 1. The van der Waals surface area contributed by atoms with Gasteiger partial charge in [0.15, 0.2) is 0 Å². The minimum atomic E-state index is 0.254. The number of phenols is 1. The van der Waals surface area contributed by atoms with E-state index >= 15 is 0 Å². The number of rotatable bonds is 2. The highest BCUT2D eigenvalue weighted by molar-refractivity contribution is 5.41. The first-order valence-electron chi connectivity index (χ1n) is 4.89. The lowest BCUT2D eigenvalue weighted by molar-refractivity contribution is 0.176. The number of ether oxygens (including phenoxy) is 1. The van der Waals surface area contributed by atoms with Crippen molar-refractivity contribution in [2.24, 2.45) is 0 Å². The summed E-state index contributed by atoms with van der Waals surface area (Å²) in [6.07, 6.45) is 5.01. The molecule has 14 heavy (non-hydrogen) atoms. The molecule has 1 unspecified atom stereocenters. The van der Waals surface area contributed by atoms with Gasteiger partial charge < -0.3 is 9.84 Å². The van der Waals surface area contributed by atoms with Crippen LogP contribution in [0.15, 0.2) is 30.9 Å². The van der Waals surface area contributed by atoms with Crippen molar-refractivity contribution in [2.75, 3.05) is 0 Å². The maximum atomic E-state index is 9.29. The summed E-state index contributed by atoms with van der Waals surface area (Å²) in [6.45, 7) is 3.70. The summed E-state index contributed by atoms with van der Waals surface area (Å²) in [5.74, 6) is 1.22. The maximum absolute atomic E-state index is 9.29. The Bertz CT molecular complexity index is 344. The van der Waals surface area contributed by atoms with Gasteiger partial charge in [-0.3, -0.25) is 0 Å².